The molecule has 0 unspecified atom stereocenters. The number of hydrogen-bond donors (Lipinski definition) is 2. The molecule has 0 saturated heterocycles. The molecule has 0 heterocycles. The van der Waals surface area contributed by atoms with Crippen molar-refractivity contribution in [1.29, 1.82) is 10.5 Å². The zero-order valence-corrected chi connectivity index (χ0v) is 3.42. The molecule has 0 aromatic rings. The van der Waals surface area contributed by atoms with Crippen molar-refractivity contribution < 1.29 is 0 Å². The van der Waals surface area contributed by atoms with Crippen molar-refractivity contribution in [2.75, 3.05) is 0 Å². The van der Waals surface area contributed by atoms with Gasteiger partial charge in [-0.05, 0) is 0 Å². The number of hydrogen-bond acceptors (Lipinski definition) is 5. The van der Waals surface area contributed by atoms with Gasteiger partial charge in [-0.25, -0.2) is 0 Å². The summed E-state index contributed by atoms with van der Waals surface area (Å²) in [4.78, 5) is 0. The summed E-state index contributed by atoms with van der Waals surface area (Å²) in [6, 6.07) is 0. The highest BCUT2D eigenvalue weighted by molar-refractivity contribution is 4.80. The maximum absolute atomic E-state index is 7.84. The van der Waals surface area contributed by atoms with Gasteiger partial charge in [0.1, 0.15) is 0 Å². The molecule has 0 bridgehead atoms. The molecule has 0 aromatic carbocycles. The monoisotopic (exact) mass is 97.0 g/mol. The van der Waals surface area contributed by atoms with Gasteiger partial charge in [-0.15, -0.1) is 10.5 Å². The van der Waals surface area contributed by atoms with E-state index in [0.717, 1.165) is 0 Å². The molecule has 0 fully saturated rings. The van der Waals surface area contributed by atoms with E-state index in [0.29, 0.717) is 5.01 Å². The summed E-state index contributed by atoms with van der Waals surface area (Å²) in [7, 11) is 0. The lowest BCUT2D eigenvalue weighted by Crippen LogP contribution is -2.35. The average Bonchev–Trinajstić information content (AvgIpc) is 1.72. The van der Waals surface area contributed by atoms with Gasteiger partial charge in [0.15, 0.2) is 0 Å². The van der Waals surface area contributed by atoms with Crippen molar-refractivity contribution in [3.05, 3.63) is 0 Å². The molecular weight excluding hydrogens is 94.1 g/mol. The van der Waals surface area contributed by atoms with Gasteiger partial charge < -0.3 is 0 Å². The third-order valence-electron chi connectivity index (χ3n) is 0.329. The molecule has 7 heavy (non-hydrogen) atoms. The van der Waals surface area contributed by atoms with Crippen molar-refractivity contribution in [3.63, 3.8) is 0 Å². The molecule has 36 valence electrons. The first-order chi connectivity index (χ1) is 3.35. The fourth-order valence-corrected chi connectivity index (χ4v) is 0.0801. The van der Waals surface area contributed by atoms with Crippen molar-refractivity contribution in [3.8, 4) is 12.4 Å². The first-order valence-electron chi connectivity index (χ1n) is 1.41. The SMILES string of the molecule is N#CN(C#N)NN. The first-order valence-corrected chi connectivity index (χ1v) is 1.41. The van der Waals surface area contributed by atoms with Crippen LogP contribution in [-0.2, 0) is 0 Å². The number of nitrogens with two attached hydrogens (primary N) is 1. The lowest BCUT2D eigenvalue weighted by molar-refractivity contribution is 0.407. The van der Waals surface area contributed by atoms with Crippen LogP contribution in [0.25, 0.3) is 0 Å². The Kier molecular flexibility index (Phi) is 2.37. The minimum absolute atomic E-state index is 0.514. The van der Waals surface area contributed by atoms with E-state index in [-0.39, 0.29) is 0 Å². The second kappa shape index (κ2) is 2.91. The Morgan fingerprint density at radius 2 is 1.86 bits per heavy atom. The number of nitriles is 2. The van der Waals surface area contributed by atoms with Crippen LogP contribution in [0.2, 0.25) is 0 Å². The molecule has 0 aliphatic rings. The molecule has 0 aliphatic carbocycles. The number of hydrazine groups is 2. The van der Waals surface area contributed by atoms with Gasteiger partial charge in [0.05, 0.1) is 0 Å². The Balaban J connectivity index is 3.50. The normalized spacial score (nSPS) is 6.14. The Hall–Kier alpha value is -1.30. The molecule has 5 heteroatoms. The fraction of sp³-hybridized carbons (Fsp3) is 0. The van der Waals surface area contributed by atoms with E-state index in [4.69, 9.17) is 10.5 Å². The molecule has 0 amide bonds. The van der Waals surface area contributed by atoms with Crippen molar-refractivity contribution >= 4 is 0 Å². The lowest BCUT2D eigenvalue weighted by atomic mass is 11.1. The summed E-state index contributed by atoms with van der Waals surface area (Å²) in [5, 5.41) is 16.2. The summed E-state index contributed by atoms with van der Waals surface area (Å²) in [6.45, 7) is 0. The number of nitrogens with one attached hydrogen (secondary N) is 1. The fourth-order valence-electron chi connectivity index (χ4n) is 0.0801. The zero-order chi connectivity index (χ0) is 5.70. The quantitative estimate of drug-likeness (QED) is 0.182. The third-order valence-corrected chi connectivity index (χ3v) is 0.329. The lowest BCUT2D eigenvalue weighted by Gasteiger charge is -1.96. The maximum Gasteiger partial charge on any atom is 0.211 e. The van der Waals surface area contributed by atoms with Gasteiger partial charge in [-0.1, -0.05) is 0 Å². The molecule has 0 spiro atoms. The van der Waals surface area contributed by atoms with Crippen LogP contribution < -0.4 is 11.4 Å². The van der Waals surface area contributed by atoms with E-state index in [1.54, 1.807) is 0 Å². The van der Waals surface area contributed by atoms with Crippen LogP contribution >= 0.6 is 0 Å². The van der Waals surface area contributed by atoms with Crippen LogP contribution in [0.5, 0.6) is 0 Å². The molecule has 0 aromatic heterocycles. The first kappa shape index (κ1) is 5.70. The predicted molar refractivity (Wildman–Crippen MR) is 20.4 cm³/mol. The van der Waals surface area contributed by atoms with Gasteiger partial charge in [-0.3, -0.25) is 5.84 Å². The Morgan fingerprint density at radius 3 is 1.86 bits per heavy atom. The summed E-state index contributed by atoms with van der Waals surface area (Å²) in [5.74, 6) is 4.62. The van der Waals surface area contributed by atoms with Gasteiger partial charge in [-0.2, -0.15) is 10.5 Å². The van der Waals surface area contributed by atoms with E-state index >= 15 is 0 Å². The molecule has 0 rings (SSSR count). The van der Waals surface area contributed by atoms with Crippen molar-refractivity contribution in [2.24, 2.45) is 5.84 Å². The van der Waals surface area contributed by atoms with E-state index < -0.39 is 0 Å². The molecule has 5 nitrogen and oxygen atoms in total. The molecule has 0 saturated carbocycles. The van der Waals surface area contributed by atoms with E-state index in [9.17, 15) is 0 Å². The van der Waals surface area contributed by atoms with Crippen LogP contribution in [0, 0.1) is 22.9 Å². The largest absolute Gasteiger partial charge is 0.252 e. The average molecular weight is 97.1 g/mol. The molecular formula is C2H3N5. The minimum Gasteiger partial charge on any atom is -0.252 e. The summed E-state index contributed by atoms with van der Waals surface area (Å²) < 4.78 is 0. The van der Waals surface area contributed by atoms with Gasteiger partial charge >= 0.3 is 0 Å². The standard InChI is InChI=1S/C2H3N5/c3-1-7(2-4)6-5/h6H,5H2. The third kappa shape index (κ3) is 1.55. The van der Waals surface area contributed by atoms with Crippen LogP contribution in [-0.4, -0.2) is 5.01 Å². The van der Waals surface area contributed by atoms with Crippen LogP contribution in [0.3, 0.4) is 0 Å². The van der Waals surface area contributed by atoms with Crippen LogP contribution in [0.1, 0.15) is 0 Å². The van der Waals surface area contributed by atoms with E-state index in [1.807, 2.05) is 5.53 Å². The van der Waals surface area contributed by atoms with Gasteiger partial charge in [0.2, 0.25) is 12.4 Å². The Bertz CT molecular complexity index is 101. The minimum atomic E-state index is 0.514. The van der Waals surface area contributed by atoms with Gasteiger partial charge in [0.25, 0.3) is 0 Å². The number of nitrogens with zero attached hydrogens (tertiary/aromatic N) is 3. The number of rotatable bonds is 1. The summed E-state index contributed by atoms with van der Waals surface area (Å²) in [5.41, 5.74) is 1.81. The highest BCUT2D eigenvalue weighted by Crippen LogP contribution is 1.62. The van der Waals surface area contributed by atoms with Crippen LogP contribution in [0.15, 0.2) is 0 Å². The van der Waals surface area contributed by atoms with E-state index in [1.165, 1.54) is 12.4 Å². The van der Waals surface area contributed by atoms with Gasteiger partial charge in [0, 0.05) is 0 Å². The van der Waals surface area contributed by atoms with Crippen LogP contribution in [0.4, 0.5) is 0 Å². The molecule has 0 aliphatic heterocycles. The van der Waals surface area contributed by atoms with E-state index in [2.05, 4.69) is 5.84 Å². The van der Waals surface area contributed by atoms with Crippen molar-refractivity contribution in [2.45, 2.75) is 0 Å². The summed E-state index contributed by atoms with van der Waals surface area (Å²) >= 11 is 0. The Morgan fingerprint density at radius 1 is 1.43 bits per heavy atom. The second-order valence-corrected chi connectivity index (χ2v) is 0.665. The molecule has 0 radical (unpaired) electrons. The molecule has 0 atom stereocenters. The maximum atomic E-state index is 7.84. The highest BCUT2D eigenvalue weighted by atomic mass is 15.6. The predicted octanol–water partition coefficient (Wildman–Crippen LogP) is -1.37. The zero-order valence-electron chi connectivity index (χ0n) is 3.42. The highest BCUT2D eigenvalue weighted by Gasteiger charge is 1.87. The summed E-state index contributed by atoms with van der Waals surface area (Å²) in [6.07, 6.45) is 2.88. The topological polar surface area (TPSA) is 88.9 Å². The molecule has 3 N–H and O–H groups in total. The second-order valence-electron chi connectivity index (χ2n) is 0.665. The smallest absolute Gasteiger partial charge is 0.211 e. The van der Waals surface area contributed by atoms with Crippen molar-refractivity contribution in [1.82, 2.24) is 10.5 Å². The Labute approximate surface area is 40.5 Å².